The predicted octanol–water partition coefficient (Wildman–Crippen LogP) is 2.67. The van der Waals surface area contributed by atoms with Gasteiger partial charge in [0.05, 0.1) is 22.4 Å². The van der Waals surface area contributed by atoms with Crippen LogP contribution in [0.1, 0.15) is 10.4 Å². The molecule has 0 amide bonds. The molecule has 2 aromatic rings. The summed E-state index contributed by atoms with van der Waals surface area (Å²) in [6.45, 7) is 0. The quantitative estimate of drug-likeness (QED) is 0.946. The van der Waals surface area contributed by atoms with Gasteiger partial charge in [0.15, 0.2) is 5.75 Å². The third kappa shape index (κ3) is 2.65. The van der Waals surface area contributed by atoms with Gasteiger partial charge in [0, 0.05) is 7.05 Å². The number of carboxylic acids is 1. The van der Waals surface area contributed by atoms with Crippen molar-refractivity contribution in [2.45, 2.75) is 0 Å². The molecule has 1 N–H and O–H groups in total. The van der Waals surface area contributed by atoms with Crippen LogP contribution in [0, 0.1) is 0 Å². The van der Waals surface area contributed by atoms with E-state index in [4.69, 9.17) is 9.84 Å². The first kappa shape index (κ1) is 11.7. The molecule has 1 aromatic carbocycles. The number of aromatic nitrogens is 2. The summed E-state index contributed by atoms with van der Waals surface area (Å²) in [6.07, 6.45) is 3.30. The lowest BCUT2D eigenvalue weighted by atomic mass is 10.2. The molecular formula is C11H9BrN2O3. The maximum Gasteiger partial charge on any atom is 0.335 e. The van der Waals surface area contributed by atoms with Crippen LogP contribution in [0.15, 0.2) is 35.1 Å². The van der Waals surface area contributed by atoms with E-state index in [9.17, 15) is 4.79 Å². The Morgan fingerprint density at radius 1 is 1.53 bits per heavy atom. The zero-order valence-electron chi connectivity index (χ0n) is 8.92. The van der Waals surface area contributed by atoms with Gasteiger partial charge in [-0.25, -0.2) is 4.79 Å². The maximum atomic E-state index is 10.8. The first-order chi connectivity index (χ1) is 8.06. The highest BCUT2D eigenvalue weighted by Crippen LogP contribution is 2.30. The topological polar surface area (TPSA) is 64.3 Å². The summed E-state index contributed by atoms with van der Waals surface area (Å²) >= 11 is 3.26. The molecule has 0 saturated heterocycles. The van der Waals surface area contributed by atoms with E-state index in [0.717, 1.165) is 0 Å². The minimum absolute atomic E-state index is 0.204. The van der Waals surface area contributed by atoms with Gasteiger partial charge < -0.3 is 9.84 Å². The molecular weight excluding hydrogens is 288 g/mol. The number of hydrogen-bond donors (Lipinski definition) is 1. The van der Waals surface area contributed by atoms with Crippen molar-refractivity contribution in [2.75, 3.05) is 0 Å². The number of hydrogen-bond acceptors (Lipinski definition) is 3. The van der Waals surface area contributed by atoms with Crippen LogP contribution >= 0.6 is 15.9 Å². The second-order valence-electron chi connectivity index (χ2n) is 3.40. The lowest BCUT2D eigenvalue weighted by Crippen LogP contribution is -1.96. The van der Waals surface area contributed by atoms with Crippen LogP contribution in [-0.4, -0.2) is 20.9 Å². The molecule has 1 aromatic heterocycles. The van der Waals surface area contributed by atoms with Crippen LogP contribution < -0.4 is 4.74 Å². The highest BCUT2D eigenvalue weighted by molar-refractivity contribution is 9.10. The molecule has 0 saturated carbocycles. The summed E-state index contributed by atoms with van der Waals surface area (Å²) < 4.78 is 7.75. The zero-order chi connectivity index (χ0) is 12.4. The minimum Gasteiger partial charge on any atom is -0.478 e. The predicted molar refractivity (Wildman–Crippen MR) is 64.4 cm³/mol. The largest absolute Gasteiger partial charge is 0.478 e. The van der Waals surface area contributed by atoms with E-state index < -0.39 is 5.97 Å². The Morgan fingerprint density at radius 2 is 2.29 bits per heavy atom. The van der Waals surface area contributed by atoms with Gasteiger partial charge in [0.25, 0.3) is 0 Å². The van der Waals surface area contributed by atoms with Crippen molar-refractivity contribution < 1.29 is 14.6 Å². The van der Waals surface area contributed by atoms with E-state index in [0.29, 0.717) is 16.0 Å². The van der Waals surface area contributed by atoms with E-state index in [1.165, 1.54) is 12.1 Å². The number of aryl methyl sites for hydroxylation is 1. The molecule has 0 aliphatic heterocycles. The fraction of sp³-hybridized carbons (Fsp3) is 0.0909. The third-order valence-corrected chi connectivity index (χ3v) is 2.71. The number of nitrogens with zero attached hydrogens (tertiary/aromatic N) is 2. The van der Waals surface area contributed by atoms with Crippen LogP contribution in [0.4, 0.5) is 0 Å². The number of ether oxygens (including phenoxy) is 1. The molecule has 0 spiro atoms. The highest BCUT2D eigenvalue weighted by atomic mass is 79.9. The summed E-state index contributed by atoms with van der Waals surface area (Å²) in [7, 11) is 1.79. The minimum atomic E-state index is -0.973. The van der Waals surface area contributed by atoms with Gasteiger partial charge in [-0.1, -0.05) is 0 Å². The van der Waals surface area contributed by atoms with E-state index in [1.807, 2.05) is 0 Å². The van der Waals surface area contributed by atoms with Crippen LogP contribution in [0.2, 0.25) is 0 Å². The van der Waals surface area contributed by atoms with Crippen molar-refractivity contribution in [3.05, 3.63) is 40.6 Å². The number of aromatic carboxylic acids is 1. The second-order valence-corrected chi connectivity index (χ2v) is 4.26. The first-order valence-corrected chi connectivity index (χ1v) is 5.55. The standard InChI is InChI=1S/C11H9BrN2O3/c1-14-6-8(5-13-14)17-10-3-2-7(11(15)16)4-9(10)12/h2-6H,1H3,(H,15,16). The van der Waals surface area contributed by atoms with Crippen molar-refractivity contribution in [3.63, 3.8) is 0 Å². The molecule has 17 heavy (non-hydrogen) atoms. The average molecular weight is 297 g/mol. The van der Waals surface area contributed by atoms with E-state index in [2.05, 4.69) is 21.0 Å². The molecule has 88 valence electrons. The summed E-state index contributed by atoms with van der Waals surface area (Å²) in [6, 6.07) is 4.58. The van der Waals surface area contributed by atoms with Gasteiger partial charge in [-0.3, -0.25) is 4.68 Å². The third-order valence-electron chi connectivity index (χ3n) is 2.09. The van der Waals surface area contributed by atoms with Gasteiger partial charge in [0.2, 0.25) is 0 Å². The Balaban J connectivity index is 2.25. The fourth-order valence-corrected chi connectivity index (χ4v) is 1.75. The SMILES string of the molecule is Cn1cc(Oc2ccc(C(=O)O)cc2Br)cn1. The summed E-state index contributed by atoms with van der Waals surface area (Å²) in [5.41, 5.74) is 0.204. The van der Waals surface area contributed by atoms with E-state index >= 15 is 0 Å². The van der Waals surface area contributed by atoms with Crippen molar-refractivity contribution in [3.8, 4) is 11.5 Å². The number of rotatable bonds is 3. The van der Waals surface area contributed by atoms with Gasteiger partial charge in [-0.15, -0.1) is 0 Å². The lowest BCUT2D eigenvalue weighted by molar-refractivity contribution is 0.0697. The monoisotopic (exact) mass is 296 g/mol. The fourth-order valence-electron chi connectivity index (χ4n) is 1.30. The number of benzene rings is 1. The molecule has 0 atom stereocenters. The molecule has 0 radical (unpaired) electrons. The highest BCUT2D eigenvalue weighted by Gasteiger charge is 2.08. The van der Waals surface area contributed by atoms with E-state index in [1.54, 1.807) is 30.2 Å². The molecule has 6 heteroatoms. The first-order valence-electron chi connectivity index (χ1n) is 4.75. The van der Waals surface area contributed by atoms with Crippen molar-refractivity contribution in [2.24, 2.45) is 7.05 Å². The molecule has 0 aliphatic rings. The van der Waals surface area contributed by atoms with Gasteiger partial charge >= 0.3 is 5.97 Å². The van der Waals surface area contributed by atoms with Crippen LogP contribution in [0.25, 0.3) is 0 Å². The number of halogens is 1. The zero-order valence-corrected chi connectivity index (χ0v) is 10.5. The average Bonchev–Trinajstić information content (AvgIpc) is 2.67. The molecule has 0 unspecified atom stereocenters. The van der Waals surface area contributed by atoms with Gasteiger partial charge in [-0.05, 0) is 34.1 Å². The van der Waals surface area contributed by atoms with E-state index in [-0.39, 0.29) is 5.56 Å². The normalized spacial score (nSPS) is 10.2. The Hall–Kier alpha value is -1.82. The summed E-state index contributed by atoms with van der Waals surface area (Å²) in [4.78, 5) is 10.8. The molecule has 5 nitrogen and oxygen atoms in total. The van der Waals surface area contributed by atoms with Gasteiger partial charge in [-0.2, -0.15) is 5.10 Å². The molecule has 2 rings (SSSR count). The van der Waals surface area contributed by atoms with Crippen LogP contribution in [0.5, 0.6) is 11.5 Å². The van der Waals surface area contributed by atoms with Crippen molar-refractivity contribution in [1.29, 1.82) is 0 Å². The van der Waals surface area contributed by atoms with Crippen LogP contribution in [-0.2, 0) is 7.05 Å². The number of carbonyl (C=O) groups is 1. The van der Waals surface area contributed by atoms with Gasteiger partial charge in [0.1, 0.15) is 5.75 Å². The Bertz CT molecular complexity index is 566. The number of carboxylic acid groups (broad SMARTS) is 1. The summed E-state index contributed by atoms with van der Waals surface area (Å²) in [5, 5.41) is 12.8. The Kier molecular flexibility index (Phi) is 3.14. The summed E-state index contributed by atoms with van der Waals surface area (Å²) in [5.74, 6) is 0.165. The maximum absolute atomic E-state index is 10.8. The Labute approximate surface area is 106 Å². The van der Waals surface area contributed by atoms with Crippen molar-refractivity contribution in [1.82, 2.24) is 9.78 Å². The second kappa shape index (κ2) is 4.58. The molecule has 0 aliphatic carbocycles. The Morgan fingerprint density at radius 3 is 2.82 bits per heavy atom. The molecule has 0 bridgehead atoms. The molecule has 0 fully saturated rings. The van der Waals surface area contributed by atoms with Crippen molar-refractivity contribution >= 4 is 21.9 Å². The smallest absolute Gasteiger partial charge is 0.335 e. The molecule has 1 heterocycles. The lowest BCUT2D eigenvalue weighted by Gasteiger charge is -2.05. The van der Waals surface area contributed by atoms with Crippen LogP contribution in [0.3, 0.4) is 0 Å².